The monoisotopic (exact) mass is 643 g/mol. The number of phenols is 2. The summed E-state index contributed by atoms with van der Waals surface area (Å²) >= 11 is 0. The third-order valence-corrected chi connectivity index (χ3v) is 8.40. The SMILES string of the molecule is C=C(N=C(N=C(N)c1ccc(OC)cc1)c1ccc(OCC(CC)CCCC)cc1O)c1ccc(OCC(CC)CCCC)cc1O. The summed E-state index contributed by atoms with van der Waals surface area (Å²) in [4.78, 5) is 9.28. The van der Waals surface area contributed by atoms with E-state index >= 15 is 0 Å². The van der Waals surface area contributed by atoms with E-state index in [2.05, 4.69) is 44.3 Å². The number of phenolic OH excluding ortho intramolecular Hbond substituents is 2. The van der Waals surface area contributed by atoms with Gasteiger partial charge in [0.05, 0.1) is 31.6 Å². The minimum atomic E-state index is -0.0662. The molecule has 47 heavy (non-hydrogen) atoms. The molecule has 0 radical (unpaired) electrons. The van der Waals surface area contributed by atoms with Gasteiger partial charge in [0.15, 0.2) is 5.84 Å². The second kappa shape index (κ2) is 19.3. The summed E-state index contributed by atoms with van der Waals surface area (Å²) in [6, 6.07) is 17.3. The number of nitrogens with two attached hydrogens (primary N) is 1. The molecule has 3 rings (SSSR count). The number of nitrogens with zero attached hydrogens (tertiary/aromatic N) is 2. The zero-order valence-corrected chi connectivity index (χ0v) is 28.8. The van der Waals surface area contributed by atoms with Crippen LogP contribution in [-0.4, -0.2) is 42.2 Å². The quantitative estimate of drug-likeness (QED) is 0.0886. The van der Waals surface area contributed by atoms with E-state index in [-0.39, 0.29) is 28.9 Å². The van der Waals surface area contributed by atoms with Gasteiger partial charge >= 0.3 is 0 Å². The van der Waals surface area contributed by atoms with Gasteiger partial charge in [-0.15, -0.1) is 0 Å². The first-order chi connectivity index (χ1) is 22.7. The van der Waals surface area contributed by atoms with Crippen molar-refractivity contribution in [1.82, 2.24) is 0 Å². The van der Waals surface area contributed by atoms with E-state index in [1.807, 2.05) is 0 Å². The van der Waals surface area contributed by atoms with Crippen LogP contribution in [0, 0.1) is 11.8 Å². The van der Waals surface area contributed by atoms with Crippen LogP contribution in [0.1, 0.15) is 95.8 Å². The highest BCUT2D eigenvalue weighted by Gasteiger charge is 2.16. The van der Waals surface area contributed by atoms with E-state index in [1.165, 1.54) is 6.42 Å². The first kappa shape index (κ1) is 37.0. The van der Waals surface area contributed by atoms with Crippen LogP contribution in [0.3, 0.4) is 0 Å². The molecule has 0 aromatic heterocycles. The van der Waals surface area contributed by atoms with Crippen molar-refractivity contribution in [2.24, 2.45) is 27.6 Å². The average molecular weight is 644 g/mol. The molecule has 3 aromatic carbocycles. The molecule has 0 bridgehead atoms. The Morgan fingerprint density at radius 2 is 1.21 bits per heavy atom. The number of ether oxygens (including phenoxy) is 3. The van der Waals surface area contributed by atoms with Gasteiger partial charge in [-0.2, -0.15) is 0 Å². The van der Waals surface area contributed by atoms with Gasteiger partial charge < -0.3 is 30.2 Å². The minimum absolute atomic E-state index is 0.0224. The van der Waals surface area contributed by atoms with E-state index in [1.54, 1.807) is 67.8 Å². The van der Waals surface area contributed by atoms with Crippen LogP contribution in [0.2, 0.25) is 0 Å². The van der Waals surface area contributed by atoms with Crippen LogP contribution in [0.4, 0.5) is 0 Å². The summed E-state index contributed by atoms with van der Waals surface area (Å²) < 4.78 is 17.3. The van der Waals surface area contributed by atoms with Crippen molar-refractivity contribution in [3.63, 3.8) is 0 Å². The summed E-state index contributed by atoms with van der Waals surface area (Å²) in [5.41, 5.74) is 8.06. The first-order valence-electron chi connectivity index (χ1n) is 16.9. The largest absolute Gasteiger partial charge is 0.507 e. The summed E-state index contributed by atoms with van der Waals surface area (Å²) in [6.45, 7) is 14.0. The molecule has 254 valence electrons. The lowest BCUT2D eigenvalue weighted by molar-refractivity contribution is 0.232. The van der Waals surface area contributed by atoms with Crippen molar-refractivity contribution in [3.05, 3.63) is 83.9 Å². The normalized spacial score (nSPS) is 13.2. The molecule has 3 aromatic rings. The van der Waals surface area contributed by atoms with Crippen molar-refractivity contribution < 1.29 is 24.4 Å². The smallest absolute Gasteiger partial charge is 0.165 e. The Morgan fingerprint density at radius 1 is 0.723 bits per heavy atom. The number of hydrogen-bond donors (Lipinski definition) is 3. The van der Waals surface area contributed by atoms with Crippen LogP contribution in [-0.2, 0) is 0 Å². The lowest BCUT2D eigenvalue weighted by atomic mass is 10.0. The molecular weight excluding hydrogens is 590 g/mol. The maximum absolute atomic E-state index is 11.1. The number of amidine groups is 2. The number of benzene rings is 3. The molecule has 8 heteroatoms. The number of methoxy groups -OCH3 is 1. The van der Waals surface area contributed by atoms with Crippen LogP contribution < -0.4 is 19.9 Å². The van der Waals surface area contributed by atoms with Crippen molar-refractivity contribution >= 4 is 17.4 Å². The Kier molecular flexibility index (Phi) is 15.2. The van der Waals surface area contributed by atoms with Gasteiger partial charge in [0, 0.05) is 23.3 Å². The summed E-state index contributed by atoms with van der Waals surface area (Å²) in [5, 5.41) is 22.1. The highest BCUT2D eigenvalue weighted by atomic mass is 16.5. The standard InChI is InChI=1S/C39H53N3O5/c1-7-11-13-28(9-3)25-46-32-19-21-34(36(43)23-32)27(5)41-39(42-38(40)30-15-17-31(45-6)18-16-30)35-22-20-33(24-37(35)44)47-26-29(10-4)14-12-8-2/h15-24,28-29,43-44H,5,7-14,25-26H2,1-4,6H3,(H2,40,41,42). The molecule has 0 saturated heterocycles. The highest BCUT2D eigenvalue weighted by Crippen LogP contribution is 2.32. The van der Waals surface area contributed by atoms with Crippen LogP contribution in [0.5, 0.6) is 28.7 Å². The van der Waals surface area contributed by atoms with Crippen molar-refractivity contribution in [3.8, 4) is 28.7 Å². The van der Waals surface area contributed by atoms with Crippen LogP contribution in [0.25, 0.3) is 5.70 Å². The van der Waals surface area contributed by atoms with Gasteiger partial charge in [-0.05, 0) is 73.2 Å². The molecule has 0 aliphatic carbocycles. The van der Waals surface area contributed by atoms with Gasteiger partial charge in [0.1, 0.15) is 34.6 Å². The first-order valence-corrected chi connectivity index (χ1v) is 16.9. The van der Waals surface area contributed by atoms with Crippen molar-refractivity contribution in [1.29, 1.82) is 0 Å². The highest BCUT2D eigenvalue weighted by molar-refractivity contribution is 6.13. The fourth-order valence-corrected chi connectivity index (χ4v) is 5.13. The van der Waals surface area contributed by atoms with E-state index in [4.69, 9.17) is 19.9 Å². The molecule has 2 unspecified atom stereocenters. The molecule has 0 saturated carbocycles. The molecule has 8 nitrogen and oxygen atoms in total. The Morgan fingerprint density at radius 3 is 1.66 bits per heavy atom. The molecular formula is C39H53N3O5. The maximum Gasteiger partial charge on any atom is 0.165 e. The summed E-state index contributed by atoms with van der Waals surface area (Å²) in [5.74, 6) is 2.95. The zero-order chi connectivity index (χ0) is 34.2. The zero-order valence-electron chi connectivity index (χ0n) is 28.8. The number of rotatable bonds is 19. The second-order valence-corrected chi connectivity index (χ2v) is 11.9. The lowest BCUT2D eigenvalue weighted by Crippen LogP contribution is -2.16. The number of aliphatic imine (C=N–C) groups is 2. The van der Waals surface area contributed by atoms with Crippen LogP contribution >= 0.6 is 0 Å². The van der Waals surface area contributed by atoms with Crippen molar-refractivity contribution in [2.45, 2.75) is 79.1 Å². The third kappa shape index (κ3) is 11.4. The van der Waals surface area contributed by atoms with E-state index in [0.717, 1.165) is 44.9 Å². The Labute approximate surface area is 281 Å². The van der Waals surface area contributed by atoms with Crippen LogP contribution in [0.15, 0.2) is 77.2 Å². The predicted octanol–water partition coefficient (Wildman–Crippen LogP) is 9.12. The van der Waals surface area contributed by atoms with Crippen molar-refractivity contribution in [2.75, 3.05) is 20.3 Å². The second-order valence-electron chi connectivity index (χ2n) is 11.9. The number of hydrogen-bond acceptors (Lipinski definition) is 6. The topological polar surface area (TPSA) is 119 Å². The molecule has 0 aliphatic rings. The molecule has 4 N–H and O–H groups in total. The van der Waals surface area contributed by atoms with E-state index in [9.17, 15) is 10.2 Å². The maximum atomic E-state index is 11.1. The Balaban J connectivity index is 1.92. The van der Waals surface area contributed by atoms with E-state index < -0.39 is 0 Å². The number of unbranched alkanes of at least 4 members (excludes halogenated alkanes) is 2. The number of aromatic hydroxyl groups is 2. The summed E-state index contributed by atoms with van der Waals surface area (Å²) in [6.07, 6.45) is 8.91. The average Bonchev–Trinajstić information content (AvgIpc) is 3.08. The lowest BCUT2D eigenvalue weighted by Gasteiger charge is -2.16. The molecule has 0 amide bonds. The fourth-order valence-electron chi connectivity index (χ4n) is 5.13. The Hall–Kier alpha value is -4.46. The van der Waals surface area contributed by atoms with Gasteiger partial charge in [-0.25, -0.2) is 9.98 Å². The molecule has 0 fully saturated rings. The fraction of sp³-hybridized carbons (Fsp3) is 0.436. The van der Waals surface area contributed by atoms with Gasteiger partial charge in [-0.1, -0.05) is 72.8 Å². The predicted molar refractivity (Wildman–Crippen MR) is 193 cm³/mol. The van der Waals surface area contributed by atoms with E-state index in [0.29, 0.717) is 59.0 Å². The third-order valence-electron chi connectivity index (χ3n) is 8.40. The molecule has 0 spiro atoms. The molecule has 2 atom stereocenters. The minimum Gasteiger partial charge on any atom is -0.507 e. The summed E-state index contributed by atoms with van der Waals surface area (Å²) in [7, 11) is 1.59. The van der Waals surface area contributed by atoms with Gasteiger partial charge in [0.25, 0.3) is 0 Å². The van der Waals surface area contributed by atoms with Gasteiger partial charge in [-0.3, -0.25) is 0 Å². The molecule has 0 aliphatic heterocycles. The Bertz CT molecular complexity index is 1480. The van der Waals surface area contributed by atoms with Gasteiger partial charge in [0.2, 0.25) is 0 Å². The molecule has 0 heterocycles.